The van der Waals surface area contributed by atoms with Crippen LogP contribution in [0.4, 0.5) is 5.82 Å². The molecule has 0 saturated heterocycles. The van der Waals surface area contributed by atoms with Crippen LogP contribution in [0.1, 0.15) is 6.92 Å². The summed E-state index contributed by atoms with van der Waals surface area (Å²) in [4.78, 5) is 4.03. The molecule has 7 nitrogen and oxygen atoms in total. The van der Waals surface area contributed by atoms with Crippen molar-refractivity contribution in [1.82, 2.24) is 9.29 Å². The van der Waals surface area contributed by atoms with Crippen LogP contribution in [0.2, 0.25) is 0 Å². The Bertz CT molecular complexity index is 461. The second-order valence-corrected chi connectivity index (χ2v) is 5.45. The molecular formula is C10H18N4O3S. The fourth-order valence-corrected chi connectivity index (χ4v) is 2.79. The number of pyridine rings is 1. The van der Waals surface area contributed by atoms with E-state index in [2.05, 4.69) is 10.4 Å². The minimum absolute atomic E-state index is 0.138. The third-order valence-electron chi connectivity index (χ3n) is 2.42. The number of nitrogens with one attached hydrogen (secondary N) is 1. The van der Waals surface area contributed by atoms with Crippen molar-refractivity contribution in [2.45, 2.75) is 11.8 Å². The summed E-state index contributed by atoms with van der Waals surface area (Å²) in [5.74, 6) is 5.58. The van der Waals surface area contributed by atoms with Crippen LogP contribution in [-0.4, -0.2) is 44.5 Å². The summed E-state index contributed by atoms with van der Waals surface area (Å²) in [5, 5.41) is 0. The van der Waals surface area contributed by atoms with Crippen molar-refractivity contribution in [2.75, 3.05) is 32.2 Å². The van der Waals surface area contributed by atoms with Crippen LogP contribution in [-0.2, 0) is 14.8 Å². The Morgan fingerprint density at radius 2 is 2.22 bits per heavy atom. The number of ether oxygens (including phenoxy) is 1. The molecule has 0 radical (unpaired) electrons. The molecule has 3 N–H and O–H groups in total. The fraction of sp³-hybridized carbons (Fsp3) is 0.500. The van der Waals surface area contributed by atoms with Crippen molar-refractivity contribution in [1.29, 1.82) is 0 Å². The van der Waals surface area contributed by atoms with Crippen molar-refractivity contribution < 1.29 is 13.2 Å². The summed E-state index contributed by atoms with van der Waals surface area (Å²) in [6, 6.07) is 2.98. The quantitative estimate of drug-likeness (QED) is 0.537. The number of nitrogens with two attached hydrogens (primary N) is 1. The lowest BCUT2D eigenvalue weighted by Crippen LogP contribution is -2.33. The van der Waals surface area contributed by atoms with Gasteiger partial charge in [0.2, 0.25) is 10.0 Å². The van der Waals surface area contributed by atoms with Crippen molar-refractivity contribution in [3.63, 3.8) is 0 Å². The molecule has 1 rings (SSSR count). The van der Waals surface area contributed by atoms with E-state index in [9.17, 15) is 8.42 Å². The summed E-state index contributed by atoms with van der Waals surface area (Å²) in [6.07, 6.45) is 1.28. The molecule has 1 aromatic heterocycles. The lowest BCUT2D eigenvalue weighted by molar-refractivity contribution is 0.180. The van der Waals surface area contributed by atoms with Crippen LogP contribution in [0.3, 0.4) is 0 Å². The Balaban J connectivity index is 2.95. The molecule has 18 heavy (non-hydrogen) atoms. The molecule has 1 aromatic rings. The van der Waals surface area contributed by atoms with Crippen LogP contribution in [0, 0.1) is 0 Å². The number of hydrogen-bond donors (Lipinski definition) is 2. The smallest absolute Gasteiger partial charge is 0.244 e. The second-order valence-electron chi connectivity index (χ2n) is 3.51. The van der Waals surface area contributed by atoms with E-state index in [1.807, 2.05) is 0 Å². The molecule has 0 aliphatic rings. The van der Waals surface area contributed by atoms with Gasteiger partial charge < -0.3 is 10.2 Å². The maximum absolute atomic E-state index is 12.2. The predicted molar refractivity (Wildman–Crippen MR) is 68.4 cm³/mol. The van der Waals surface area contributed by atoms with Crippen molar-refractivity contribution in [2.24, 2.45) is 5.84 Å². The Morgan fingerprint density at radius 3 is 2.67 bits per heavy atom. The number of likely N-dealkylation sites (N-methyl/N-ethyl adjacent to an activating group) is 1. The van der Waals surface area contributed by atoms with E-state index in [4.69, 9.17) is 10.6 Å². The molecule has 8 heteroatoms. The zero-order valence-corrected chi connectivity index (χ0v) is 11.3. The van der Waals surface area contributed by atoms with Crippen LogP contribution in [0.25, 0.3) is 0 Å². The van der Waals surface area contributed by atoms with Gasteiger partial charge in [-0.15, -0.1) is 0 Å². The molecule has 0 spiro atoms. The van der Waals surface area contributed by atoms with Gasteiger partial charge in [-0.1, -0.05) is 6.92 Å². The Kier molecular flexibility index (Phi) is 5.48. The van der Waals surface area contributed by atoms with E-state index < -0.39 is 10.0 Å². The van der Waals surface area contributed by atoms with Crippen LogP contribution in [0.5, 0.6) is 0 Å². The van der Waals surface area contributed by atoms with Gasteiger partial charge in [0.15, 0.2) is 0 Å². The first-order chi connectivity index (χ1) is 8.56. The van der Waals surface area contributed by atoms with Gasteiger partial charge in [0.1, 0.15) is 10.7 Å². The largest absolute Gasteiger partial charge is 0.383 e. The molecule has 102 valence electrons. The molecule has 0 unspecified atom stereocenters. The summed E-state index contributed by atoms with van der Waals surface area (Å²) in [7, 11) is -1.99. The van der Waals surface area contributed by atoms with E-state index in [1.165, 1.54) is 29.7 Å². The lowest BCUT2D eigenvalue weighted by Gasteiger charge is -2.19. The van der Waals surface area contributed by atoms with Gasteiger partial charge in [-0.25, -0.2) is 19.2 Å². The maximum Gasteiger partial charge on any atom is 0.244 e. The highest BCUT2D eigenvalue weighted by atomic mass is 32.2. The highest BCUT2D eigenvalue weighted by molar-refractivity contribution is 7.89. The van der Waals surface area contributed by atoms with Crippen LogP contribution < -0.4 is 11.3 Å². The zero-order chi connectivity index (χ0) is 13.6. The zero-order valence-electron chi connectivity index (χ0n) is 10.5. The second kappa shape index (κ2) is 6.64. The molecule has 0 saturated carbocycles. The molecule has 0 aliphatic heterocycles. The van der Waals surface area contributed by atoms with Gasteiger partial charge in [0, 0.05) is 26.4 Å². The van der Waals surface area contributed by atoms with E-state index in [0.717, 1.165) is 0 Å². The highest BCUT2D eigenvalue weighted by Gasteiger charge is 2.22. The molecule has 0 amide bonds. The maximum atomic E-state index is 12.2. The molecule has 0 fully saturated rings. The summed E-state index contributed by atoms with van der Waals surface area (Å²) >= 11 is 0. The van der Waals surface area contributed by atoms with E-state index in [0.29, 0.717) is 25.5 Å². The first-order valence-corrected chi connectivity index (χ1v) is 6.92. The molecule has 0 bridgehead atoms. The average Bonchev–Trinajstić information content (AvgIpc) is 2.39. The number of sulfonamides is 1. The van der Waals surface area contributed by atoms with Crippen LogP contribution >= 0.6 is 0 Å². The highest BCUT2D eigenvalue weighted by Crippen LogP contribution is 2.15. The van der Waals surface area contributed by atoms with Gasteiger partial charge in [-0.3, -0.25) is 0 Å². The molecule has 0 aromatic carbocycles. The Hall–Kier alpha value is -1.22. The predicted octanol–water partition coefficient (Wildman–Crippen LogP) is 0.0242. The monoisotopic (exact) mass is 274 g/mol. The van der Waals surface area contributed by atoms with Gasteiger partial charge >= 0.3 is 0 Å². The average molecular weight is 274 g/mol. The van der Waals surface area contributed by atoms with Crippen molar-refractivity contribution >= 4 is 15.8 Å². The fourth-order valence-electron chi connectivity index (χ4n) is 1.41. The molecule has 0 aliphatic carbocycles. The van der Waals surface area contributed by atoms with Gasteiger partial charge in [-0.05, 0) is 12.1 Å². The number of rotatable bonds is 7. The van der Waals surface area contributed by atoms with E-state index in [-0.39, 0.29) is 4.90 Å². The Morgan fingerprint density at radius 1 is 1.50 bits per heavy atom. The summed E-state index contributed by atoms with van der Waals surface area (Å²) in [6.45, 7) is 2.81. The lowest BCUT2D eigenvalue weighted by atomic mass is 10.5. The first kappa shape index (κ1) is 14.8. The topological polar surface area (TPSA) is 97.5 Å². The summed E-state index contributed by atoms with van der Waals surface area (Å²) in [5.41, 5.74) is 2.34. The van der Waals surface area contributed by atoms with Crippen LogP contribution in [0.15, 0.2) is 23.2 Å². The number of nitrogens with zero attached hydrogens (tertiary/aromatic N) is 2. The molecule has 0 atom stereocenters. The molecule has 1 heterocycles. The molecular weight excluding hydrogens is 256 g/mol. The third-order valence-corrected chi connectivity index (χ3v) is 4.38. The number of nitrogen functional groups attached to an aromatic ring is 1. The number of hydrogen-bond acceptors (Lipinski definition) is 6. The van der Waals surface area contributed by atoms with E-state index in [1.54, 1.807) is 6.92 Å². The normalized spacial score (nSPS) is 11.8. The van der Waals surface area contributed by atoms with Gasteiger partial charge in [0.05, 0.1) is 6.61 Å². The van der Waals surface area contributed by atoms with Crippen molar-refractivity contribution in [3.05, 3.63) is 18.3 Å². The first-order valence-electron chi connectivity index (χ1n) is 5.48. The summed E-state index contributed by atoms with van der Waals surface area (Å²) < 4.78 is 30.7. The van der Waals surface area contributed by atoms with E-state index >= 15 is 0 Å². The SMILES string of the molecule is CCN(CCOC)S(=O)(=O)c1ccc(NN)nc1. The minimum atomic E-state index is -3.53. The van der Waals surface area contributed by atoms with Crippen molar-refractivity contribution in [3.8, 4) is 0 Å². The number of anilines is 1. The van der Waals surface area contributed by atoms with Gasteiger partial charge in [0.25, 0.3) is 0 Å². The number of aromatic nitrogens is 1. The minimum Gasteiger partial charge on any atom is -0.383 e. The number of hydrazine groups is 1. The standard InChI is InChI=1S/C10H18N4O3S/c1-3-14(6-7-17-2)18(15,16)9-4-5-10(13-11)12-8-9/h4-5,8H,3,6-7,11H2,1-2H3,(H,12,13). The van der Waals surface area contributed by atoms with Gasteiger partial charge in [-0.2, -0.15) is 4.31 Å². The Labute approximate surface area is 107 Å². The third kappa shape index (κ3) is 3.39. The number of methoxy groups -OCH3 is 1.